The maximum absolute atomic E-state index is 12.5. The molecule has 0 aliphatic heterocycles. The van der Waals surface area contributed by atoms with Crippen LogP contribution in [0.1, 0.15) is 43.2 Å². The SMILES string of the molecule is O=CCCCCCCOCc1cccc(C(F)(F)F)c1. The third-order valence-corrected chi connectivity index (χ3v) is 2.88. The summed E-state index contributed by atoms with van der Waals surface area (Å²) in [6, 6.07) is 5.18. The second-order valence-electron chi connectivity index (χ2n) is 4.62. The molecule has 0 heterocycles. The van der Waals surface area contributed by atoms with Crippen LogP contribution in [-0.4, -0.2) is 12.9 Å². The minimum atomic E-state index is -4.31. The van der Waals surface area contributed by atoms with E-state index in [1.54, 1.807) is 6.07 Å². The quantitative estimate of drug-likeness (QED) is 0.498. The van der Waals surface area contributed by atoms with Gasteiger partial charge in [-0.3, -0.25) is 0 Å². The van der Waals surface area contributed by atoms with Gasteiger partial charge in [-0.05, 0) is 30.5 Å². The first-order valence-corrected chi connectivity index (χ1v) is 6.71. The van der Waals surface area contributed by atoms with Gasteiger partial charge in [-0.2, -0.15) is 13.2 Å². The molecular weight excluding hydrogens is 269 g/mol. The molecule has 0 saturated carbocycles. The first-order valence-electron chi connectivity index (χ1n) is 6.71. The van der Waals surface area contributed by atoms with Gasteiger partial charge in [-0.15, -0.1) is 0 Å². The molecule has 0 aromatic heterocycles. The van der Waals surface area contributed by atoms with Gasteiger partial charge in [0, 0.05) is 13.0 Å². The lowest BCUT2D eigenvalue weighted by Gasteiger charge is -2.09. The molecule has 0 unspecified atom stereocenters. The summed E-state index contributed by atoms with van der Waals surface area (Å²) in [5.41, 5.74) is -0.117. The summed E-state index contributed by atoms with van der Waals surface area (Å²) in [7, 11) is 0. The summed E-state index contributed by atoms with van der Waals surface area (Å²) in [6.07, 6.45) is 0.876. The van der Waals surface area contributed by atoms with Crippen molar-refractivity contribution in [2.45, 2.75) is 44.9 Å². The Hall–Kier alpha value is -1.36. The van der Waals surface area contributed by atoms with E-state index in [0.717, 1.165) is 44.1 Å². The number of carbonyl (C=O) groups excluding carboxylic acids is 1. The fourth-order valence-electron chi connectivity index (χ4n) is 1.81. The van der Waals surface area contributed by atoms with E-state index in [2.05, 4.69) is 0 Å². The minimum absolute atomic E-state index is 0.193. The topological polar surface area (TPSA) is 26.3 Å². The molecular formula is C15H19F3O2. The number of benzene rings is 1. The fraction of sp³-hybridized carbons (Fsp3) is 0.533. The zero-order valence-corrected chi connectivity index (χ0v) is 11.3. The third-order valence-electron chi connectivity index (χ3n) is 2.88. The van der Waals surface area contributed by atoms with E-state index >= 15 is 0 Å². The number of hydrogen-bond acceptors (Lipinski definition) is 2. The van der Waals surface area contributed by atoms with Crippen LogP contribution in [0.5, 0.6) is 0 Å². The Morgan fingerprint density at radius 3 is 2.55 bits per heavy atom. The molecule has 5 heteroatoms. The Kier molecular flexibility index (Phi) is 7.30. The number of unbranched alkanes of at least 4 members (excludes halogenated alkanes) is 4. The van der Waals surface area contributed by atoms with E-state index in [1.807, 2.05) is 0 Å². The number of aldehydes is 1. The van der Waals surface area contributed by atoms with Crippen molar-refractivity contribution in [2.75, 3.05) is 6.61 Å². The molecule has 0 aliphatic carbocycles. The molecule has 112 valence electrons. The van der Waals surface area contributed by atoms with Crippen LogP contribution in [0.3, 0.4) is 0 Å². The van der Waals surface area contributed by atoms with Crippen molar-refractivity contribution >= 4 is 6.29 Å². The number of hydrogen-bond donors (Lipinski definition) is 0. The normalized spacial score (nSPS) is 11.6. The van der Waals surface area contributed by atoms with Gasteiger partial charge in [0.15, 0.2) is 0 Å². The molecule has 0 atom stereocenters. The van der Waals surface area contributed by atoms with Crippen molar-refractivity contribution < 1.29 is 22.7 Å². The van der Waals surface area contributed by atoms with Gasteiger partial charge >= 0.3 is 6.18 Å². The highest BCUT2D eigenvalue weighted by atomic mass is 19.4. The van der Waals surface area contributed by atoms with Crippen LogP contribution in [0.4, 0.5) is 13.2 Å². The van der Waals surface area contributed by atoms with Crippen LogP contribution in [0.25, 0.3) is 0 Å². The number of ether oxygens (including phenoxy) is 1. The van der Waals surface area contributed by atoms with E-state index in [9.17, 15) is 18.0 Å². The zero-order chi connectivity index (χ0) is 14.8. The predicted molar refractivity (Wildman–Crippen MR) is 70.2 cm³/mol. The van der Waals surface area contributed by atoms with Crippen LogP contribution in [-0.2, 0) is 22.3 Å². The second kappa shape index (κ2) is 8.74. The second-order valence-corrected chi connectivity index (χ2v) is 4.62. The van der Waals surface area contributed by atoms with Gasteiger partial charge in [0.2, 0.25) is 0 Å². The van der Waals surface area contributed by atoms with Crippen molar-refractivity contribution in [3.63, 3.8) is 0 Å². The van der Waals surface area contributed by atoms with Gasteiger partial charge in [0.05, 0.1) is 12.2 Å². The fourth-order valence-corrected chi connectivity index (χ4v) is 1.81. The molecule has 0 saturated heterocycles. The van der Waals surface area contributed by atoms with Crippen LogP contribution >= 0.6 is 0 Å². The van der Waals surface area contributed by atoms with E-state index in [0.29, 0.717) is 18.6 Å². The summed E-state index contributed by atoms with van der Waals surface area (Å²) in [5, 5.41) is 0. The summed E-state index contributed by atoms with van der Waals surface area (Å²) >= 11 is 0. The molecule has 1 aromatic carbocycles. The molecule has 20 heavy (non-hydrogen) atoms. The van der Waals surface area contributed by atoms with Gasteiger partial charge in [-0.25, -0.2) is 0 Å². The van der Waals surface area contributed by atoms with E-state index < -0.39 is 11.7 Å². The first-order chi connectivity index (χ1) is 9.54. The Morgan fingerprint density at radius 2 is 1.85 bits per heavy atom. The van der Waals surface area contributed by atoms with Gasteiger partial charge in [0.25, 0.3) is 0 Å². The highest BCUT2D eigenvalue weighted by Gasteiger charge is 2.30. The van der Waals surface area contributed by atoms with Crippen molar-refractivity contribution in [2.24, 2.45) is 0 Å². The Balaban J connectivity index is 2.21. The molecule has 0 amide bonds. The summed E-state index contributed by atoms with van der Waals surface area (Å²) in [5.74, 6) is 0. The average molecular weight is 288 g/mol. The van der Waals surface area contributed by atoms with Gasteiger partial charge < -0.3 is 9.53 Å². The largest absolute Gasteiger partial charge is 0.416 e. The Labute approximate surface area is 116 Å². The average Bonchev–Trinajstić information content (AvgIpc) is 2.41. The maximum atomic E-state index is 12.5. The Morgan fingerprint density at radius 1 is 1.10 bits per heavy atom. The van der Waals surface area contributed by atoms with E-state index in [1.165, 1.54) is 6.07 Å². The molecule has 0 bridgehead atoms. The monoisotopic (exact) mass is 288 g/mol. The first kappa shape index (κ1) is 16.7. The number of halogens is 3. The molecule has 0 aliphatic rings. The smallest absolute Gasteiger partial charge is 0.377 e. The molecule has 0 radical (unpaired) electrons. The predicted octanol–water partition coefficient (Wildman–Crippen LogP) is 4.37. The highest BCUT2D eigenvalue weighted by molar-refractivity contribution is 5.48. The lowest BCUT2D eigenvalue weighted by Crippen LogP contribution is -2.05. The van der Waals surface area contributed by atoms with Crippen LogP contribution in [0.2, 0.25) is 0 Å². The maximum Gasteiger partial charge on any atom is 0.416 e. The molecule has 0 spiro atoms. The molecule has 2 nitrogen and oxygen atoms in total. The van der Waals surface area contributed by atoms with Crippen molar-refractivity contribution in [3.8, 4) is 0 Å². The lowest BCUT2D eigenvalue weighted by molar-refractivity contribution is -0.137. The van der Waals surface area contributed by atoms with Crippen LogP contribution in [0.15, 0.2) is 24.3 Å². The highest BCUT2D eigenvalue weighted by Crippen LogP contribution is 2.29. The number of carbonyl (C=O) groups is 1. The van der Waals surface area contributed by atoms with E-state index in [-0.39, 0.29) is 6.61 Å². The zero-order valence-electron chi connectivity index (χ0n) is 11.3. The van der Waals surface area contributed by atoms with Gasteiger partial charge in [-0.1, -0.05) is 25.0 Å². The van der Waals surface area contributed by atoms with Crippen molar-refractivity contribution in [1.82, 2.24) is 0 Å². The van der Waals surface area contributed by atoms with Crippen LogP contribution < -0.4 is 0 Å². The summed E-state index contributed by atoms with van der Waals surface area (Å²) in [4.78, 5) is 10.1. The molecule has 0 fully saturated rings. The van der Waals surface area contributed by atoms with Gasteiger partial charge in [0.1, 0.15) is 6.29 Å². The summed E-state index contributed by atoms with van der Waals surface area (Å²) < 4.78 is 42.8. The number of alkyl halides is 3. The molecule has 1 rings (SSSR count). The third kappa shape index (κ3) is 6.70. The minimum Gasteiger partial charge on any atom is -0.377 e. The van der Waals surface area contributed by atoms with Crippen LogP contribution in [0, 0.1) is 0 Å². The van der Waals surface area contributed by atoms with E-state index in [4.69, 9.17) is 4.74 Å². The Bertz CT molecular complexity index is 402. The van der Waals surface area contributed by atoms with Crippen molar-refractivity contribution in [1.29, 1.82) is 0 Å². The summed E-state index contributed by atoms with van der Waals surface area (Å²) in [6.45, 7) is 0.718. The number of rotatable bonds is 9. The van der Waals surface area contributed by atoms with Crippen molar-refractivity contribution in [3.05, 3.63) is 35.4 Å². The lowest BCUT2D eigenvalue weighted by atomic mass is 10.1. The standard InChI is InChI=1S/C15H19F3O2/c16-15(17,18)14-8-6-7-13(11-14)12-20-10-5-3-1-2-4-9-19/h6-9,11H,1-5,10,12H2. The molecule has 1 aromatic rings. The molecule has 0 N–H and O–H groups in total.